The Balaban J connectivity index is 1.85. The molecule has 0 spiro atoms. The Hall–Kier alpha value is -2.49. The molecule has 3 rings (SSSR count). The highest BCUT2D eigenvalue weighted by molar-refractivity contribution is 7.18. The predicted molar refractivity (Wildman–Crippen MR) is 82.1 cm³/mol. The molecule has 0 aliphatic rings. The van der Waals surface area contributed by atoms with E-state index in [9.17, 15) is 18.0 Å². The fourth-order valence-electron chi connectivity index (χ4n) is 2.04. The minimum atomic E-state index is -4.47. The molecule has 0 saturated heterocycles. The Bertz CT molecular complexity index is 899. The number of hydrogen-bond acceptors (Lipinski definition) is 5. The average Bonchev–Trinajstić information content (AvgIpc) is 3.06. The maximum absolute atomic E-state index is 12.7. The molecule has 2 heterocycles. The molecule has 1 aromatic carbocycles. The fourth-order valence-corrected chi connectivity index (χ4v) is 2.78. The van der Waals surface area contributed by atoms with Gasteiger partial charge in [-0.1, -0.05) is 31.3 Å². The Labute approximate surface area is 138 Å². The third-order valence-electron chi connectivity index (χ3n) is 3.17. The highest BCUT2D eigenvalue weighted by Crippen LogP contribution is 2.30. The van der Waals surface area contributed by atoms with Gasteiger partial charge < -0.3 is 5.32 Å². The first-order chi connectivity index (χ1) is 11.3. The minimum Gasteiger partial charge on any atom is -0.320 e. The molecule has 0 fully saturated rings. The van der Waals surface area contributed by atoms with Gasteiger partial charge in [0.25, 0.3) is 5.91 Å². The summed E-state index contributed by atoms with van der Waals surface area (Å²) < 4.78 is 39.6. The number of hydrogen-bond donors (Lipinski definition) is 1. The van der Waals surface area contributed by atoms with Crippen LogP contribution in [0.1, 0.15) is 41.0 Å². The van der Waals surface area contributed by atoms with Gasteiger partial charge in [0, 0.05) is 11.6 Å². The first-order valence-electron chi connectivity index (χ1n) is 6.96. The van der Waals surface area contributed by atoms with E-state index in [4.69, 9.17) is 0 Å². The zero-order valence-corrected chi connectivity index (χ0v) is 13.4. The number of aromatic nitrogens is 4. The molecular formula is C14H12F3N5OS. The molecule has 24 heavy (non-hydrogen) atoms. The summed E-state index contributed by atoms with van der Waals surface area (Å²) in [7, 11) is 0. The molecule has 10 heteroatoms. The van der Waals surface area contributed by atoms with Gasteiger partial charge in [0.05, 0.1) is 5.56 Å². The third-order valence-corrected chi connectivity index (χ3v) is 4.07. The van der Waals surface area contributed by atoms with Crippen LogP contribution in [0, 0.1) is 0 Å². The number of halogens is 3. The summed E-state index contributed by atoms with van der Waals surface area (Å²) in [6, 6.07) is 4.42. The molecule has 1 amide bonds. The van der Waals surface area contributed by atoms with E-state index in [1.54, 1.807) is 0 Å². The van der Waals surface area contributed by atoms with E-state index in [0.717, 1.165) is 23.5 Å². The van der Waals surface area contributed by atoms with Gasteiger partial charge in [-0.2, -0.15) is 17.7 Å². The number of nitrogens with zero attached hydrogens (tertiary/aromatic N) is 4. The van der Waals surface area contributed by atoms with E-state index < -0.39 is 17.6 Å². The average molecular weight is 355 g/mol. The first-order valence-corrected chi connectivity index (χ1v) is 7.78. The van der Waals surface area contributed by atoms with E-state index in [1.807, 2.05) is 13.8 Å². The van der Waals surface area contributed by atoms with Crippen LogP contribution in [0.5, 0.6) is 0 Å². The number of nitrogens with one attached hydrogen (secondary N) is 1. The van der Waals surface area contributed by atoms with Crippen molar-refractivity contribution in [3.63, 3.8) is 0 Å². The molecule has 0 aliphatic carbocycles. The van der Waals surface area contributed by atoms with Crippen molar-refractivity contribution in [2.75, 3.05) is 5.32 Å². The SMILES string of the molecule is CC(C)c1nnc2sc(C(=O)Nc3cccc(C(F)(F)F)c3)nn12. The summed E-state index contributed by atoms with van der Waals surface area (Å²) in [6.07, 6.45) is -4.47. The molecule has 2 aromatic heterocycles. The quantitative estimate of drug-likeness (QED) is 0.779. The molecule has 1 N–H and O–H groups in total. The van der Waals surface area contributed by atoms with Crippen LogP contribution in [-0.2, 0) is 6.18 Å². The minimum absolute atomic E-state index is 0.0462. The monoisotopic (exact) mass is 355 g/mol. The van der Waals surface area contributed by atoms with Gasteiger partial charge in [-0.15, -0.1) is 15.3 Å². The summed E-state index contributed by atoms with van der Waals surface area (Å²) in [6.45, 7) is 3.83. The predicted octanol–water partition coefficient (Wildman–Crippen LogP) is 3.58. The summed E-state index contributed by atoms with van der Waals surface area (Å²) in [5.74, 6) is 0.0837. The molecule has 126 valence electrons. The van der Waals surface area contributed by atoms with Crippen molar-refractivity contribution < 1.29 is 18.0 Å². The van der Waals surface area contributed by atoms with Gasteiger partial charge in [-0.05, 0) is 18.2 Å². The normalized spacial score (nSPS) is 12.1. The number of anilines is 1. The first kappa shape index (κ1) is 16.4. The third kappa shape index (κ3) is 3.09. The lowest BCUT2D eigenvalue weighted by Crippen LogP contribution is -2.13. The second-order valence-corrected chi connectivity index (χ2v) is 6.30. The highest BCUT2D eigenvalue weighted by atomic mass is 32.1. The van der Waals surface area contributed by atoms with Crippen molar-refractivity contribution in [3.8, 4) is 0 Å². The number of carbonyl (C=O) groups excluding carboxylic acids is 1. The number of rotatable bonds is 3. The second kappa shape index (κ2) is 5.86. The summed E-state index contributed by atoms with van der Waals surface area (Å²) >= 11 is 1.02. The molecule has 0 radical (unpaired) electrons. The molecule has 0 atom stereocenters. The molecule has 0 saturated carbocycles. The van der Waals surface area contributed by atoms with E-state index in [2.05, 4.69) is 20.6 Å². The number of fused-ring (bicyclic) bond motifs is 1. The highest BCUT2D eigenvalue weighted by Gasteiger charge is 2.30. The molecule has 0 aliphatic heterocycles. The summed E-state index contributed by atoms with van der Waals surface area (Å²) in [5.41, 5.74) is -0.787. The molecule has 6 nitrogen and oxygen atoms in total. The second-order valence-electron chi connectivity index (χ2n) is 5.35. The maximum atomic E-state index is 12.7. The van der Waals surface area contributed by atoms with Crippen molar-refractivity contribution in [1.29, 1.82) is 0 Å². The van der Waals surface area contributed by atoms with Crippen LogP contribution in [0.15, 0.2) is 24.3 Å². The van der Waals surface area contributed by atoms with E-state index in [1.165, 1.54) is 16.6 Å². The summed E-state index contributed by atoms with van der Waals surface area (Å²) in [4.78, 5) is 12.7. The lowest BCUT2D eigenvalue weighted by Gasteiger charge is -2.08. The van der Waals surface area contributed by atoms with Crippen molar-refractivity contribution in [1.82, 2.24) is 19.8 Å². The van der Waals surface area contributed by atoms with Gasteiger partial charge in [0.15, 0.2) is 5.82 Å². The van der Waals surface area contributed by atoms with E-state index in [-0.39, 0.29) is 16.6 Å². The van der Waals surface area contributed by atoms with Crippen molar-refractivity contribution in [3.05, 3.63) is 40.7 Å². The van der Waals surface area contributed by atoms with Gasteiger partial charge in [-0.25, -0.2) is 0 Å². The van der Waals surface area contributed by atoms with Gasteiger partial charge in [0.1, 0.15) is 0 Å². The largest absolute Gasteiger partial charge is 0.416 e. The molecule has 0 bridgehead atoms. The van der Waals surface area contributed by atoms with Crippen molar-refractivity contribution >= 4 is 27.9 Å². The van der Waals surface area contributed by atoms with Gasteiger partial charge in [0.2, 0.25) is 9.97 Å². The van der Waals surface area contributed by atoms with E-state index >= 15 is 0 Å². The van der Waals surface area contributed by atoms with Crippen molar-refractivity contribution in [2.45, 2.75) is 25.9 Å². The Morgan fingerprint density at radius 1 is 1.29 bits per heavy atom. The number of amides is 1. The van der Waals surface area contributed by atoms with Crippen LogP contribution in [0.2, 0.25) is 0 Å². The molecule has 3 aromatic rings. The lowest BCUT2D eigenvalue weighted by atomic mass is 10.2. The zero-order valence-electron chi connectivity index (χ0n) is 12.6. The van der Waals surface area contributed by atoms with Gasteiger partial charge >= 0.3 is 6.18 Å². The van der Waals surface area contributed by atoms with Crippen molar-refractivity contribution in [2.24, 2.45) is 0 Å². The zero-order chi connectivity index (χ0) is 17.5. The standard InChI is InChI=1S/C14H12F3N5OS/c1-7(2)10-19-20-13-22(10)21-12(24-13)11(23)18-9-5-3-4-8(6-9)14(15,16)17/h3-7H,1-2H3,(H,18,23). The van der Waals surface area contributed by atoms with Crippen LogP contribution in [0.3, 0.4) is 0 Å². The smallest absolute Gasteiger partial charge is 0.320 e. The van der Waals surface area contributed by atoms with Crippen LogP contribution < -0.4 is 5.32 Å². The fraction of sp³-hybridized carbons (Fsp3) is 0.286. The summed E-state index contributed by atoms with van der Waals surface area (Å²) in [5, 5.41) is 14.6. The van der Waals surface area contributed by atoms with Crippen LogP contribution in [0.4, 0.5) is 18.9 Å². The Morgan fingerprint density at radius 3 is 2.71 bits per heavy atom. The Morgan fingerprint density at radius 2 is 2.04 bits per heavy atom. The van der Waals surface area contributed by atoms with Gasteiger partial charge in [-0.3, -0.25) is 4.79 Å². The van der Waals surface area contributed by atoms with Crippen LogP contribution in [0.25, 0.3) is 4.96 Å². The topological polar surface area (TPSA) is 72.2 Å². The maximum Gasteiger partial charge on any atom is 0.416 e. The molecule has 0 unspecified atom stereocenters. The number of benzene rings is 1. The molecular weight excluding hydrogens is 343 g/mol. The number of alkyl halides is 3. The van der Waals surface area contributed by atoms with E-state index in [0.29, 0.717) is 10.8 Å². The number of carbonyl (C=O) groups is 1. The van der Waals surface area contributed by atoms with Crippen LogP contribution in [-0.4, -0.2) is 25.7 Å². The lowest BCUT2D eigenvalue weighted by molar-refractivity contribution is -0.137. The van der Waals surface area contributed by atoms with Crippen LogP contribution >= 0.6 is 11.3 Å². The Kier molecular flexibility index (Phi) is 3.99.